The highest BCUT2D eigenvalue weighted by atomic mass is 35.5. The summed E-state index contributed by atoms with van der Waals surface area (Å²) in [5.41, 5.74) is 2.33. The van der Waals surface area contributed by atoms with Gasteiger partial charge in [-0.2, -0.15) is 5.10 Å². The number of ether oxygens (including phenoxy) is 1. The maximum absolute atomic E-state index is 12.9. The monoisotopic (exact) mass is 390 g/mol. The molecule has 0 radical (unpaired) electrons. The van der Waals surface area contributed by atoms with E-state index in [1.54, 1.807) is 18.0 Å². The fraction of sp³-hybridized carbons (Fsp3) is 0.500. The van der Waals surface area contributed by atoms with Gasteiger partial charge in [0.05, 0.1) is 29.7 Å². The topological polar surface area (TPSA) is 68.2 Å². The normalized spacial score (nSPS) is 16.3. The minimum Gasteiger partial charge on any atom is -0.384 e. The first kappa shape index (κ1) is 19.9. The first-order valence-corrected chi connectivity index (χ1v) is 9.77. The van der Waals surface area contributed by atoms with Crippen LogP contribution in [0.2, 0.25) is 5.02 Å². The minimum atomic E-state index is -0.0888. The molecule has 2 aromatic rings. The molecule has 1 aromatic heterocycles. The van der Waals surface area contributed by atoms with Gasteiger partial charge in [-0.15, -0.1) is 0 Å². The summed E-state index contributed by atoms with van der Waals surface area (Å²) in [6.07, 6.45) is 4.32. The van der Waals surface area contributed by atoms with Gasteiger partial charge in [-0.25, -0.2) is 4.68 Å². The van der Waals surface area contributed by atoms with Gasteiger partial charge in [0.2, 0.25) is 0 Å². The Balaban J connectivity index is 1.77. The Morgan fingerprint density at radius 3 is 2.85 bits per heavy atom. The van der Waals surface area contributed by atoms with E-state index in [0.717, 1.165) is 37.3 Å². The van der Waals surface area contributed by atoms with E-state index in [0.29, 0.717) is 30.2 Å². The highest BCUT2D eigenvalue weighted by Crippen LogP contribution is 2.28. The first-order chi connectivity index (χ1) is 13.1. The van der Waals surface area contributed by atoms with E-state index >= 15 is 0 Å². The molecule has 1 aromatic carbocycles. The van der Waals surface area contributed by atoms with Crippen molar-refractivity contribution in [1.29, 1.82) is 0 Å². The molecule has 6 nitrogen and oxygen atoms in total. The maximum atomic E-state index is 12.9. The van der Waals surface area contributed by atoms with Crippen LogP contribution in [0.1, 0.15) is 35.8 Å². The summed E-state index contributed by atoms with van der Waals surface area (Å²) in [7, 11) is 1.72. The average molecular weight is 391 g/mol. The lowest BCUT2D eigenvalue weighted by Crippen LogP contribution is -2.47. The number of methoxy groups -OCH3 is 1. The third-order valence-corrected chi connectivity index (χ3v) is 5.47. The van der Waals surface area contributed by atoms with E-state index in [1.807, 2.05) is 31.2 Å². The largest absolute Gasteiger partial charge is 0.384 e. The molecule has 1 aliphatic rings. The number of carbonyl (C=O) groups excluding carboxylic acids is 1. The van der Waals surface area contributed by atoms with Crippen molar-refractivity contribution in [3.05, 3.63) is 46.7 Å². The second-order valence-electron chi connectivity index (χ2n) is 7.12. The van der Waals surface area contributed by atoms with Crippen molar-refractivity contribution in [1.82, 2.24) is 20.4 Å². The molecule has 0 spiro atoms. The third kappa shape index (κ3) is 4.51. The molecule has 1 fully saturated rings. The predicted molar refractivity (Wildman–Crippen MR) is 107 cm³/mol. The van der Waals surface area contributed by atoms with Gasteiger partial charge in [-0.1, -0.05) is 24.6 Å². The first-order valence-electron chi connectivity index (χ1n) is 9.39. The minimum absolute atomic E-state index is 0.00894. The number of aromatic nitrogens is 2. The Kier molecular flexibility index (Phi) is 6.52. The van der Waals surface area contributed by atoms with Gasteiger partial charge >= 0.3 is 0 Å². The summed E-state index contributed by atoms with van der Waals surface area (Å²) in [5.74, 6) is -0.0888. The second-order valence-corrected chi connectivity index (χ2v) is 7.55. The summed E-state index contributed by atoms with van der Waals surface area (Å²) < 4.78 is 7.22. The Labute approximate surface area is 165 Å². The predicted octanol–water partition coefficient (Wildman–Crippen LogP) is 2.83. The van der Waals surface area contributed by atoms with Crippen LogP contribution in [0.5, 0.6) is 0 Å². The van der Waals surface area contributed by atoms with E-state index < -0.39 is 0 Å². The molecule has 0 saturated carbocycles. The van der Waals surface area contributed by atoms with E-state index in [-0.39, 0.29) is 11.3 Å². The Bertz CT molecular complexity index is 779. The Hall–Kier alpha value is -1.89. The van der Waals surface area contributed by atoms with Crippen molar-refractivity contribution in [3.63, 3.8) is 0 Å². The number of carbonyl (C=O) groups is 1. The van der Waals surface area contributed by atoms with Crippen LogP contribution in [0.4, 0.5) is 0 Å². The van der Waals surface area contributed by atoms with E-state index in [1.165, 1.54) is 0 Å². The SMILES string of the molecule is CCc1c(C(=O)NCC2(COC)CCNCC2)cnn1-c1cccc(Cl)c1. The van der Waals surface area contributed by atoms with Gasteiger partial charge in [0.1, 0.15) is 0 Å². The summed E-state index contributed by atoms with van der Waals surface area (Å²) in [6, 6.07) is 7.48. The lowest BCUT2D eigenvalue weighted by atomic mass is 9.79. The van der Waals surface area contributed by atoms with Crippen LogP contribution < -0.4 is 10.6 Å². The van der Waals surface area contributed by atoms with E-state index in [9.17, 15) is 4.79 Å². The van der Waals surface area contributed by atoms with Gasteiger partial charge in [-0.05, 0) is 50.6 Å². The van der Waals surface area contributed by atoms with Crippen LogP contribution in [-0.2, 0) is 11.2 Å². The molecule has 27 heavy (non-hydrogen) atoms. The number of amides is 1. The fourth-order valence-electron chi connectivity index (χ4n) is 3.73. The lowest BCUT2D eigenvalue weighted by molar-refractivity contribution is 0.0511. The van der Waals surface area contributed by atoms with Crippen LogP contribution in [-0.4, -0.2) is 49.0 Å². The van der Waals surface area contributed by atoms with Crippen LogP contribution in [0.15, 0.2) is 30.5 Å². The van der Waals surface area contributed by atoms with Crippen LogP contribution in [0.25, 0.3) is 5.69 Å². The van der Waals surface area contributed by atoms with Crippen molar-refractivity contribution in [2.24, 2.45) is 5.41 Å². The smallest absolute Gasteiger partial charge is 0.254 e. The van der Waals surface area contributed by atoms with Crippen molar-refractivity contribution in [3.8, 4) is 5.69 Å². The van der Waals surface area contributed by atoms with Gasteiger partial charge in [0.15, 0.2) is 0 Å². The molecule has 3 rings (SSSR count). The summed E-state index contributed by atoms with van der Waals surface area (Å²) in [4.78, 5) is 12.9. The zero-order chi connectivity index (χ0) is 19.3. The number of nitrogens with zero attached hydrogens (tertiary/aromatic N) is 2. The molecule has 1 saturated heterocycles. The van der Waals surface area contributed by atoms with Crippen molar-refractivity contribution >= 4 is 17.5 Å². The molecule has 1 amide bonds. The second kappa shape index (κ2) is 8.87. The zero-order valence-corrected chi connectivity index (χ0v) is 16.7. The fourth-order valence-corrected chi connectivity index (χ4v) is 3.92. The number of nitrogens with one attached hydrogen (secondary N) is 2. The molecule has 7 heteroatoms. The van der Waals surface area contributed by atoms with Crippen molar-refractivity contribution < 1.29 is 9.53 Å². The maximum Gasteiger partial charge on any atom is 0.254 e. The van der Waals surface area contributed by atoms with Gasteiger partial charge in [-0.3, -0.25) is 4.79 Å². The van der Waals surface area contributed by atoms with Crippen molar-refractivity contribution in [2.75, 3.05) is 33.4 Å². The van der Waals surface area contributed by atoms with E-state index in [2.05, 4.69) is 15.7 Å². The molecule has 146 valence electrons. The zero-order valence-electron chi connectivity index (χ0n) is 15.9. The van der Waals surface area contributed by atoms with E-state index in [4.69, 9.17) is 16.3 Å². The molecular weight excluding hydrogens is 364 g/mol. The molecule has 0 bridgehead atoms. The van der Waals surface area contributed by atoms with Gasteiger partial charge in [0.25, 0.3) is 5.91 Å². The molecule has 1 aliphatic heterocycles. The number of halogens is 1. The molecule has 0 aliphatic carbocycles. The van der Waals surface area contributed by atoms with Gasteiger partial charge < -0.3 is 15.4 Å². The Morgan fingerprint density at radius 2 is 2.19 bits per heavy atom. The third-order valence-electron chi connectivity index (χ3n) is 5.24. The molecular formula is C20H27ClN4O2. The van der Waals surface area contributed by atoms with Crippen molar-refractivity contribution in [2.45, 2.75) is 26.2 Å². The summed E-state index contributed by atoms with van der Waals surface area (Å²) >= 11 is 6.10. The number of benzene rings is 1. The number of piperidine rings is 1. The summed E-state index contributed by atoms with van der Waals surface area (Å²) in [6.45, 7) is 5.18. The quantitative estimate of drug-likeness (QED) is 0.762. The molecule has 0 unspecified atom stereocenters. The average Bonchev–Trinajstić information content (AvgIpc) is 3.11. The highest BCUT2D eigenvalue weighted by Gasteiger charge is 2.33. The molecule has 2 N–H and O–H groups in total. The number of rotatable bonds is 7. The number of hydrogen-bond acceptors (Lipinski definition) is 4. The molecule has 2 heterocycles. The highest BCUT2D eigenvalue weighted by molar-refractivity contribution is 6.30. The van der Waals surface area contributed by atoms with Gasteiger partial charge in [0, 0.05) is 24.1 Å². The van der Waals surface area contributed by atoms with Crippen LogP contribution >= 0.6 is 11.6 Å². The lowest BCUT2D eigenvalue weighted by Gasteiger charge is -2.37. The Morgan fingerprint density at radius 1 is 1.41 bits per heavy atom. The van der Waals surface area contributed by atoms with Crippen LogP contribution in [0, 0.1) is 5.41 Å². The van der Waals surface area contributed by atoms with Crippen LogP contribution in [0.3, 0.4) is 0 Å². The molecule has 0 atom stereocenters. The standard InChI is InChI=1S/C20H27ClN4O2/c1-3-18-17(12-24-25(18)16-6-4-5-15(21)11-16)19(26)23-13-20(14-27-2)7-9-22-10-8-20/h4-6,11-12,22H,3,7-10,13-14H2,1-2H3,(H,23,26). The number of hydrogen-bond donors (Lipinski definition) is 2. The summed E-state index contributed by atoms with van der Waals surface area (Å²) in [5, 5.41) is 11.6.